The fourth-order valence-electron chi connectivity index (χ4n) is 1.83. The first kappa shape index (κ1) is 11.1. The second kappa shape index (κ2) is 4.65. The molecule has 1 fully saturated rings. The molecule has 0 bridgehead atoms. The molecule has 0 saturated heterocycles. The van der Waals surface area contributed by atoms with Crippen LogP contribution in [0.4, 0.5) is 5.82 Å². The lowest BCUT2D eigenvalue weighted by atomic mass is 10.2. The van der Waals surface area contributed by atoms with Gasteiger partial charge in [-0.15, -0.1) is 0 Å². The van der Waals surface area contributed by atoms with Gasteiger partial charge in [-0.25, -0.2) is 9.97 Å². The molecule has 0 spiro atoms. The minimum Gasteiger partial charge on any atom is -0.481 e. The van der Waals surface area contributed by atoms with Crippen LogP contribution < -0.4 is 15.8 Å². The Labute approximate surface area is 95.4 Å². The Morgan fingerprint density at radius 3 is 2.88 bits per heavy atom. The lowest BCUT2D eigenvalue weighted by molar-refractivity contribution is 0.393. The van der Waals surface area contributed by atoms with E-state index in [0.717, 1.165) is 11.4 Å². The van der Waals surface area contributed by atoms with E-state index >= 15 is 0 Å². The van der Waals surface area contributed by atoms with Crippen LogP contribution in [0, 0.1) is 12.8 Å². The molecule has 5 nitrogen and oxygen atoms in total. The van der Waals surface area contributed by atoms with Gasteiger partial charge in [-0.1, -0.05) is 0 Å². The van der Waals surface area contributed by atoms with Crippen LogP contribution in [0.15, 0.2) is 6.33 Å². The van der Waals surface area contributed by atoms with Crippen LogP contribution in [-0.4, -0.2) is 29.7 Å². The monoisotopic (exact) mass is 222 g/mol. The first-order valence-corrected chi connectivity index (χ1v) is 5.58. The first-order chi connectivity index (χ1) is 7.76. The van der Waals surface area contributed by atoms with Crippen molar-refractivity contribution < 1.29 is 4.74 Å². The number of methoxy groups -OCH3 is 1. The zero-order chi connectivity index (χ0) is 11.5. The Bertz CT molecular complexity index is 365. The van der Waals surface area contributed by atoms with Crippen LogP contribution in [0.3, 0.4) is 0 Å². The van der Waals surface area contributed by atoms with E-state index < -0.39 is 0 Å². The highest BCUT2D eigenvalue weighted by Crippen LogP contribution is 2.34. The Kier molecular flexibility index (Phi) is 3.24. The summed E-state index contributed by atoms with van der Waals surface area (Å²) >= 11 is 0. The molecular formula is C11H18N4O. The van der Waals surface area contributed by atoms with E-state index in [9.17, 15) is 0 Å². The summed E-state index contributed by atoms with van der Waals surface area (Å²) in [6.07, 6.45) is 4.03. The summed E-state index contributed by atoms with van der Waals surface area (Å²) < 4.78 is 5.15. The number of ether oxygens (including phenoxy) is 1. The maximum atomic E-state index is 5.75. The maximum absolute atomic E-state index is 5.75. The molecule has 5 heteroatoms. The number of hydrogen-bond acceptors (Lipinski definition) is 5. The molecule has 1 aromatic heterocycles. The fraction of sp³-hybridized carbons (Fsp3) is 0.636. The SMILES string of the molecule is COc1ncnc(NC(CN)C2CC2)c1C. The number of nitrogens with one attached hydrogen (secondary N) is 1. The van der Waals surface area contributed by atoms with E-state index in [1.54, 1.807) is 7.11 Å². The topological polar surface area (TPSA) is 73.1 Å². The van der Waals surface area contributed by atoms with Gasteiger partial charge in [0.2, 0.25) is 5.88 Å². The van der Waals surface area contributed by atoms with Crippen LogP contribution >= 0.6 is 0 Å². The molecule has 1 unspecified atom stereocenters. The first-order valence-electron chi connectivity index (χ1n) is 5.58. The lowest BCUT2D eigenvalue weighted by Crippen LogP contribution is -2.31. The minimum atomic E-state index is 0.318. The van der Waals surface area contributed by atoms with Gasteiger partial charge in [0.05, 0.1) is 12.7 Å². The van der Waals surface area contributed by atoms with Crippen LogP contribution in [-0.2, 0) is 0 Å². The predicted molar refractivity (Wildman–Crippen MR) is 62.5 cm³/mol. The summed E-state index contributed by atoms with van der Waals surface area (Å²) in [5.74, 6) is 2.14. The van der Waals surface area contributed by atoms with E-state index in [0.29, 0.717) is 24.4 Å². The average molecular weight is 222 g/mol. The van der Waals surface area contributed by atoms with Crippen LogP contribution in [0.25, 0.3) is 0 Å². The van der Waals surface area contributed by atoms with Gasteiger partial charge in [-0.3, -0.25) is 0 Å². The highest BCUT2D eigenvalue weighted by molar-refractivity contribution is 5.48. The van der Waals surface area contributed by atoms with Gasteiger partial charge in [0.1, 0.15) is 12.1 Å². The number of anilines is 1. The predicted octanol–water partition coefficient (Wildman–Crippen LogP) is 0.943. The molecule has 2 rings (SSSR count). The summed E-state index contributed by atoms with van der Waals surface area (Å²) in [5.41, 5.74) is 6.68. The van der Waals surface area contributed by atoms with Crippen LogP contribution in [0.1, 0.15) is 18.4 Å². The van der Waals surface area contributed by atoms with Crippen LogP contribution in [0.2, 0.25) is 0 Å². The quantitative estimate of drug-likeness (QED) is 0.775. The zero-order valence-electron chi connectivity index (χ0n) is 9.73. The van der Waals surface area contributed by atoms with E-state index in [1.165, 1.54) is 19.2 Å². The highest BCUT2D eigenvalue weighted by atomic mass is 16.5. The van der Waals surface area contributed by atoms with Crippen molar-refractivity contribution in [1.29, 1.82) is 0 Å². The van der Waals surface area contributed by atoms with Crippen molar-refractivity contribution in [2.75, 3.05) is 19.0 Å². The van der Waals surface area contributed by atoms with Gasteiger partial charge in [0.15, 0.2) is 0 Å². The molecule has 0 radical (unpaired) electrons. The molecule has 0 aliphatic heterocycles. The van der Waals surface area contributed by atoms with Crippen molar-refractivity contribution in [3.63, 3.8) is 0 Å². The third-order valence-corrected chi connectivity index (χ3v) is 3.00. The molecule has 0 amide bonds. The molecular weight excluding hydrogens is 204 g/mol. The van der Waals surface area contributed by atoms with Crippen molar-refractivity contribution in [3.05, 3.63) is 11.9 Å². The summed E-state index contributed by atoms with van der Waals surface area (Å²) in [5, 5.41) is 3.38. The van der Waals surface area contributed by atoms with Gasteiger partial charge in [0.25, 0.3) is 0 Å². The fourth-order valence-corrected chi connectivity index (χ4v) is 1.83. The number of nitrogens with zero attached hydrogens (tertiary/aromatic N) is 2. The molecule has 1 aliphatic carbocycles. The normalized spacial score (nSPS) is 16.9. The third kappa shape index (κ3) is 2.24. The van der Waals surface area contributed by atoms with Gasteiger partial charge >= 0.3 is 0 Å². The second-order valence-corrected chi connectivity index (χ2v) is 4.18. The standard InChI is InChI=1S/C11H18N4O/c1-7-10(13-6-14-11(7)16-2)15-9(5-12)8-3-4-8/h6,8-9H,3-5,12H2,1-2H3,(H,13,14,15). The maximum Gasteiger partial charge on any atom is 0.221 e. The third-order valence-electron chi connectivity index (χ3n) is 3.00. The average Bonchev–Trinajstić information content (AvgIpc) is 3.12. The molecule has 88 valence electrons. The minimum absolute atomic E-state index is 0.318. The van der Waals surface area contributed by atoms with Gasteiger partial charge in [0, 0.05) is 12.6 Å². The largest absolute Gasteiger partial charge is 0.481 e. The van der Waals surface area contributed by atoms with Crippen molar-refractivity contribution >= 4 is 5.82 Å². The Morgan fingerprint density at radius 1 is 1.56 bits per heavy atom. The second-order valence-electron chi connectivity index (χ2n) is 4.18. The molecule has 1 heterocycles. The van der Waals surface area contributed by atoms with Gasteiger partial charge in [-0.05, 0) is 25.7 Å². The number of hydrogen-bond donors (Lipinski definition) is 2. The van der Waals surface area contributed by atoms with Gasteiger partial charge in [-0.2, -0.15) is 0 Å². The van der Waals surface area contributed by atoms with Crippen molar-refractivity contribution in [3.8, 4) is 5.88 Å². The van der Waals surface area contributed by atoms with Gasteiger partial charge < -0.3 is 15.8 Å². The van der Waals surface area contributed by atoms with E-state index in [4.69, 9.17) is 10.5 Å². The molecule has 1 atom stereocenters. The van der Waals surface area contributed by atoms with E-state index in [2.05, 4.69) is 15.3 Å². The molecule has 1 aliphatic rings. The molecule has 1 aromatic rings. The highest BCUT2D eigenvalue weighted by Gasteiger charge is 2.30. The molecule has 0 aromatic carbocycles. The smallest absolute Gasteiger partial charge is 0.221 e. The molecule has 3 N–H and O–H groups in total. The summed E-state index contributed by atoms with van der Waals surface area (Å²) in [7, 11) is 1.61. The number of rotatable bonds is 5. The van der Waals surface area contributed by atoms with Crippen molar-refractivity contribution in [2.24, 2.45) is 11.7 Å². The Balaban J connectivity index is 2.13. The zero-order valence-corrected chi connectivity index (χ0v) is 9.73. The van der Waals surface area contributed by atoms with Crippen molar-refractivity contribution in [1.82, 2.24) is 9.97 Å². The van der Waals surface area contributed by atoms with E-state index in [1.807, 2.05) is 6.92 Å². The molecule has 1 saturated carbocycles. The van der Waals surface area contributed by atoms with Crippen LogP contribution in [0.5, 0.6) is 5.88 Å². The molecule has 16 heavy (non-hydrogen) atoms. The van der Waals surface area contributed by atoms with Crippen molar-refractivity contribution in [2.45, 2.75) is 25.8 Å². The summed E-state index contributed by atoms with van der Waals surface area (Å²) in [4.78, 5) is 8.27. The van der Waals surface area contributed by atoms with E-state index in [-0.39, 0.29) is 0 Å². The Morgan fingerprint density at radius 2 is 2.31 bits per heavy atom. The lowest BCUT2D eigenvalue weighted by Gasteiger charge is -2.18. The number of aromatic nitrogens is 2. The Hall–Kier alpha value is -1.36. The number of nitrogens with two attached hydrogens (primary N) is 1. The summed E-state index contributed by atoms with van der Waals surface area (Å²) in [6.45, 7) is 2.58. The summed E-state index contributed by atoms with van der Waals surface area (Å²) in [6, 6.07) is 0.318.